The van der Waals surface area contributed by atoms with Crippen molar-refractivity contribution >= 4 is 5.91 Å². The summed E-state index contributed by atoms with van der Waals surface area (Å²) in [7, 11) is 0. The van der Waals surface area contributed by atoms with Gasteiger partial charge in [0.1, 0.15) is 0 Å². The van der Waals surface area contributed by atoms with Gasteiger partial charge >= 0.3 is 0 Å². The maximum atomic E-state index is 12.3. The van der Waals surface area contributed by atoms with Gasteiger partial charge in [-0.3, -0.25) is 4.79 Å². The van der Waals surface area contributed by atoms with Crippen LogP contribution in [0.1, 0.15) is 37.7 Å². The fraction of sp³-hybridized carbons (Fsp3) is 0.611. The zero-order valence-corrected chi connectivity index (χ0v) is 12.7. The number of hydrogen-bond donors (Lipinski definition) is 1. The summed E-state index contributed by atoms with van der Waals surface area (Å²) in [6.07, 6.45) is 6.44. The van der Waals surface area contributed by atoms with E-state index in [-0.39, 0.29) is 6.04 Å². The Morgan fingerprint density at radius 1 is 1.14 bits per heavy atom. The highest BCUT2D eigenvalue weighted by molar-refractivity contribution is 5.76. The molecule has 1 aliphatic heterocycles. The van der Waals surface area contributed by atoms with Crippen molar-refractivity contribution in [1.29, 1.82) is 0 Å². The maximum absolute atomic E-state index is 12.3. The number of aryl methyl sites for hydroxylation is 1. The van der Waals surface area contributed by atoms with Crippen molar-refractivity contribution in [3.63, 3.8) is 0 Å². The number of amides is 1. The van der Waals surface area contributed by atoms with Crippen molar-refractivity contribution < 1.29 is 4.79 Å². The number of likely N-dealkylation sites (tertiary alicyclic amines) is 1. The van der Waals surface area contributed by atoms with Crippen molar-refractivity contribution in [3.05, 3.63) is 35.9 Å². The third-order valence-electron chi connectivity index (χ3n) is 4.94. The summed E-state index contributed by atoms with van der Waals surface area (Å²) in [5.41, 5.74) is 7.55. The minimum Gasteiger partial charge on any atom is -0.341 e. The van der Waals surface area contributed by atoms with Crippen LogP contribution < -0.4 is 5.73 Å². The summed E-state index contributed by atoms with van der Waals surface area (Å²) >= 11 is 0. The van der Waals surface area contributed by atoms with E-state index in [1.807, 2.05) is 11.0 Å². The third kappa shape index (κ3) is 3.85. The number of rotatable bonds is 6. The fourth-order valence-electron chi connectivity index (χ4n) is 3.49. The molecule has 114 valence electrons. The van der Waals surface area contributed by atoms with Crippen molar-refractivity contribution in [2.24, 2.45) is 17.6 Å². The molecule has 21 heavy (non-hydrogen) atoms. The largest absolute Gasteiger partial charge is 0.341 e. The van der Waals surface area contributed by atoms with E-state index in [0.717, 1.165) is 38.3 Å². The van der Waals surface area contributed by atoms with Gasteiger partial charge in [-0.1, -0.05) is 30.3 Å². The second kappa shape index (κ2) is 6.61. The van der Waals surface area contributed by atoms with Gasteiger partial charge in [-0.2, -0.15) is 0 Å². The molecular weight excluding hydrogens is 260 g/mol. The lowest BCUT2D eigenvalue weighted by Crippen LogP contribution is -2.32. The van der Waals surface area contributed by atoms with E-state index < -0.39 is 0 Å². The van der Waals surface area contributed by atoms with E-state index in [0.29, 0.717) is 18.2 Å². The van der Waals surface area contributed by atoms with Crippen LogP contribution in [0.3, 0.4) is 0 Å². The zero-order chi connectivity index (χ0) is 14.7. The molecule has 0 aromatic heterocycles. The Bertz CT molecular complexity index is 469. The predicted molar refractivity (Wildman–Crippen MR) is 84.8 cm³/mol. The van der Waals surface area contributed by atoms with Gasteiger partial charge in [0.05, 0.1) is 0 Å². The highest BCUT2D eigenvalue weighted by atomic mass is 16.2. The Labute approximate surface area is 127 Å². The summed E-state index contributed by atoms with van der Waals surface area (Å²) in [6, 6.07) is 10.7. The first-order chi connectivity index (χ1) is 10.2. The van der Waals surface area contributed by atoms with Crippen LogP contribution in [0.15, 0.2) is 30.3 Å². The summed E-state index contributed by atoms with van der Waals surface area (Å²) in [4.78, 5) is 14.3. The molecule has 1 saturated heterocycles. The molecule has 1 aromatic carbocycles. The molecule has 0 bridgehead atoms. The molecule has 3 rings (SSSR count). The van der Waals surface area contributed by atoms with Gasteiger partial charge in [-0.15, -0.1) is 0 Å². The highest BCUT2D eigenvalue weighted by Crippen LogP contribution is 2.40. The van der Waals surface area contributed by atoms with Crippen molar-refractivity contribution in [3.8, 4) is 0 Å². The number of benzene rings is 1. The molecule has 2 aliphatic rings. The number of hydrogen-bond acceptors (Lipinski definition) is 2. The minimum atomic E-state index is 0.214. The van der Waals surface area contributed by atoms with Crippen LogP contribution in [-0.2, 0) is 11.2 Å². The topological polar surface area (TPSA) is 46.3 Å². The first-order valence-electron chi connectivity index (χ1n) is 8.31. The molecule has 2 fully saturated rings. The quantitative estimate of drug-likeness (QED) is 0.817. The van der Waals surface area contributed by atoms with Crippen LogP contribution in [0.5, 0.6) is 0 Å². The van der Waals surface area contributed by atoms with Gasteiger partial charge in [0.15, 0.2) is 0 Å². The van der Waals surface area contributed by atoms with Crippen molar-refractivity contribution in [2.75, 3.05) is 13.1 Å². The Morgan fingerprint density at radius 2 is 1.90 bits per heavy atom. The summed E-state index contributed by atoms with van der Waals surface area (Å²) in [5, 5.41) is 0. The average Bonchev–Trinajstić information content (AvgIpc) is 3.27. The Hall–Kier alpha value is -1.35. The first-order valence-corrected chi connectivity index (χ1v) is 8.31. The Kier molecular flexibility index (Phi) is 4.59. The van der Waals surface area contributed by atoms with Gasteiger partial charge < -0.3 is 10.6 Å². The fourth-order valence-corrected chi connectivity index (χ4v) is 3.49. The maximum Gasteiger partial charge on any atom is 0.222 e. The lowest BCUT2D eigenvalue weighted by Gasteiger charge is -2.16. The predicted octanol–water partition coefficient (Wildman–Crippen LogP) is 2.60. The standard InChI is InChI=1S/C18H26N2O/c19-17-13-20(12-16(17)15-10-11-15)18(21)9-5-4-8-14-6-2-1-3-7-14/h1-3,6-7,15-17H,4-5,8-13,19H2/t16-,17+/m0/s1. The van der Waals surface area contributed by atoms with E-state index in [4.69, 9.17) is 5.73 Å². The zero-order valence-electron chi connectivity index (χ0n) is 12.7. The van der Waals surface area contributed by atoms with E-state index in [1.165, 1.54) is 18.4 Å². The number of nitrogens with two attached hydrogens (primary N) is 1. The number of unbranched alkanes of at least 4 members (excludes halogenated alkanes) is 1. The number of carbonyl (C=O) groups excluding carboxylic acids is 1. The molecule has 1 aromatic rings. The van der Waals surface area contributed by atoms with Crippen LogP contribution in [0, 0.1) is 11.8 Å². The average molecular weight is 286 g/mol. The smallest absolute Gasteiger partial charge is 0.222 e. The number of carbonyl (C=O) groups is 1. The monoisotopic (exact) mass is 286 g/mol. The third-order valence-corrected chi connectivity index (χ3v) is 4.94. The first kappa shape index (κ1) is 14.6. The second-order valence-corrected chi connectivity index (χ2v) is 6.66. The lowest BCUT2D eigenvalue weighted by atomic mass is 9.99. The Balaban J connectivity index is 1.37. The van der Waals surface area contributed by atoms with E-state index in [9.17, 15) is 4.79 Å². The van der Waals surface area contributed by atoms with Gasteiger partial charge in [0.25, 0.3) is 0 Å². The number of nitrogens with zero attached hydrogens (tertiary/aromatic N) is 1. The summed E-state index contributed by atoms with van der Waals surface area (Å²) in [5.74, 6) is 1.68. The molecule has 0 unspecified atom stereocenters. The second-order valence-electron chi connectivity index (χ2n) is 6.66. The molecule has 2 N–H and O–H groups in total. The molecule has 3 nitrogen and oxygen atoms in total. The molecular formula is C18H26N2O. The molecule has 2 atom stereocenters. The van der Waals surface area contributed by atoms with E-state index in [1.54, 1.807) is 0 Å². The SMILES string of the molecule is N[C@@H]1CN(C(=O)CCCCc2ccccc2)C[C@H]1C1CC1. The van der Waals surface area contributed by atoms with Gasteiger partial charge in [-0.05, 0) is 49.5 Å². The van der Waals surface area contributed by atoms with Gasteiger partial charge in [-0.25, -0.2) is 0 Å². The minimum absolute atomic E-state index is 0.214. The molecule has 1 amide bonds. The molecule has 1 heterocycles. The van der Waals surface area contributed by atoms with Gasteiger partial charge in [0.2, 0.25) is 5.91 Å². The van der Waals surface area contributed by atoms with Crippen LogP contribution in [0.4, 0.5) is 0 Å². The molecule has 1 aliphatic carbocycles. The van der Waals surface area contributed by atoms with Crippen LogP contribution in [0.2, 0.25) is 0 Å². The molecule has 0 radical (unpaired) electrons. The molecule has 1 saturated carbocycles. The van der Waals surface area contributed by atoms with Crippen molar-refractivity contribution in [1.82, 2.24) is 4.90 Å². The Morgan fingerprint density at radius 3 is 2.62 bits per heavy atom. The molecule has 3 heteroatoms. The van der Waals surface area contributed by atoms with Gasteiger partial charge in [0, 0.05) is 25.6 Å². The lowest BCUT2D eigenvalue weighted by molar-refractivity contribution is -0.130. The van der Waals surface area contributed by atoms with Crippen LogP contribution >= 0.6 is 0 Å². The van der Waals surface area contributed by atoms with Crippen molar-refractivity contribution in [2.45, 2.75) is 44.6 Å². The van der Waals surface area contributed by atoms with E-state index in [2.05, 4.69) is 24.3 Å². The molecule has 0 spiro atoms. The van der Waals surface area contributed by atoms with Crippen LogP contribution in [0.25, 0.3) is 0 Å². The normalized spacial score (nSPS) is 25.3. The van der Waals surface area contributed by atoms with Crippen LogP contribution in [-0.4, -0.2) is 29.9 Å². The van der Waals surface area contributed by atoms with E-state index >= 15 is 0 Å². The highest BCUT2D eigenvalue weighted by Gasteiger charge is 2.41. The summed E-state index contributed by atoms with van der Waals surface area (Å²) in [6.45, 7) is 1.68. The summed E-state index contributed by atoms with van der Waals surface area (Å²) < 4.78 is 0.